The number of hydrogen-bond donors (Lipinski definition) is 0. The van der Waals surface area contributed by atoms with E-state index >= 15 is 0 Å². The summed E-state index contributed by atoms with van der Waals surface area (Å²) in [7, 11) is 0. The first-order valence-electron chi connectivity index (χ1n) is 4.00. The van der Waals surface area contributed by atoms with Crippen LogP contribution in [-0.4, -0.2) is 11.7 Å². The molecule has 1 aromatic rings. The number of alkyl halides is 1. The van der Waals surface area contributed by atoms with Gasteiger partial charge in [-0.3, -0.25) is 4.79 Å². The van der Waals surface area contributed by atoms with Gasteiger partial charge in [-0.1, -0.05) is 0 Å². The van der Waals surface area contributed by atoms with Crippen LogP contribution in [0.1, 0.15) is 22.3 Å². The van der Waals surface area contributed by atoms with Crippen molar-refractivity contribution in [2.75, 3.05) is 5.88 Å². The Morgan fingerprint density at radius 1 is 1.46 bits per heavy atom. The Hall–Kier alpha value is -0.0900. The number of ketones is 1. The Morgan fingerprint density at radius 2 is 2.15 bits per heavy atom. The van der Waals surface area contributed by atoms with E-state index in [9.17, 15) is 4.79 Å². The van der Waals surface area contributed by atoms with Crippen LogP contribution < -0.4 is 0 Å². The Morgan fingerprint density at radius 3 is 2.69 bits per heavy atom. The lowest BCUT2D eigenvalue weighted by Crippen LogP contribution is -2.00. The molecule has 0 fully saturated rings. The molecule has 0 amide bonds. The van der Waals surface area contributed by atoms with Crippen molar-refractivity contribution >= 4 is 40.0 Å². The number of carbonyl (C=O) groups excluding carboxylic acids is 1. The van der Waals surface area contributed by atoms with Crippen LogP contribution in [0.15, 0.2) is 18.2 Å². The lowest BCUT2D eigenvalue weighted by molar-refractivity contribution is 0.0989. The topological polar surface area (TPSA) is 17.1 Å². The average Bonchev–Trinajstić information content (AvgIpc) is 2.03. The van der Waals surface area contributed by atoms with Gasteiger partial charge < -0.3 is 0 Å². The molecule has 0 atom stereocenters. The molecule has 0 bridgehead atoms. The van der Waals surface area contributed by atoms with Crippen molar-refractivity contribution in [2.24, 2.45) is 0 Å². The number of Topliss-reactive ketones (excluding diaryl/α,β-unsaturated/α-hetero) is 1. The summed E-state index contributed by atoms with van der Waals surface area (Å²) < 4.78 is 1.09. The average molecular weight is 309 g/mol. The number of carbonyl (C=O) groups is 1. The minimum Gasteiger partial charge on any atom is -0.294 e. The van der Waals surface area contributed by atoms with Gasteiger partial charge in [-0.15, -0.1) is 11.6 Å². The maximum Gasteiger partial charge on any atom is 0.164 e. The first-order chi connectivity index (χ1) is 6.13. The summed E-state index contributed by atoms with van der Waals surface area (Å²) in [5, 5.41) is 0. The summed E-state index contributed by atoms with van der Waals surface area (Å²) >= 11 is 7.71. The van der Waals surface area contributed by atoms with E-state index in [1.807, 2.05) is 25.1 Å². The summed E-state index contributed by atoms with van der Waals surface area (Å²) in [6.07, 6.45) is 0.418. The third-order valence-electron chi connectivity index (χ3n) is 1.69. The van der Waals surface area contributed by atoms with E-state index in [4.69, 9.17) is 11.6 Å². The number of hydrogen-bond acceptors (Lipinski definition) is 1. The van der Waals surface area contributed by atoms with Gasteiger partial charge in [-0.25, -0.2) is 0 Å². The molecular weight excluding hydrogens is 298 g/mol. The van der Waals surface area contributed by atoms with Gasteiger partial charge >= 0.3 is 0 Å². The van der Waals surface area contributed by atoms with Gasteiger partial charge in [0.1, 0.15) is 0 Å². The lowest BCUT2D eigenvalue weighted by Gasteiger charge is -2.01. The molecule has 1 nitrogen and oxygen atoms in total. The number of aryl methyl sites for hydroxylation is 1. The van der Waals surface area contributed by atoms with E-state index in [0.29, 0.717) is 12.3 Å². The summed E-state index contributed by atoms with van der Waals surface area (Å²) in [5.74, 6) is 0.514. The Labute approximate surface area is 96.6 Å². The fraction of sp³-hybridized carbons (Fsp3) is 0.300. The van der Waals surface area contributed by atoms with Crippen molar-refractivity contribution in [3.05, 3.63) is 32.9 Å². The maximum atomic E-state index is 11.5. The standard InChI is InChI=1S/C10H10ClIO/c1-7-4-8(6-9(12)5-7)10(13)2-3-11/h4-6H,2-3H2,1H3. The van der Waals surface area contributed by atoms with E-state index in [-0.39, 0.29) is 5.78 Å². The minimum atomic E-state index is 0.122. The quantitative estimate of drug-likeness (QED) is 0.475. The second kappa shape index (κ2) is 4.96. The second-order valence-corrected chi connectivity index (χ2v) is 4.50. The summed E-state index contributed by atoms with van der Waals surface area (Å²) in [6.45, 7) is 1.99. The molecule has 13 heavy (non-hydrogen) atoms. The van der Waals surface area contributed by atoms with E-state index < -0.39 is 0 Å². The van der Waals surface area contributed by atoms with Crippen LogP contribution in [0.3, 0.4) is 0 Å². The van der Waals surface area contributed by atoms with Crippen molar-refractivity contribution in [3.63, 3.8) is 0 Å². The molecule has 0 aliphatic rings. The molecule has 70 valence electrons. The number of rotatable bonds is 3. The molecule has 0 aliphatic heterocycles. The third kappa shape index (κ3) is 3.27. The first kappa shape index (κ1) is 11.0. The molecule has 1 rings (SSSR count). The summed E-state index contributed by atoms with van der Waals surface area (Å²) in [5.41, 5.74) is 1.88. The molecule has 0 unspecified atom stereocenters. The van der Waals surface area contributed by atoms with E-state index in [2.05, 4.69) is 22.6 Å². The highest BCUT2D eigenvalue weighted by Crippen LogP contribution is 2.13. The van der Waals surface area contributed by atoms with Crippen LogP contribution in [0, 0.1) is 10.5 Å². The molecule has 0 radical (unpaired) electrons. The zero-order valence-corrected chi connectivity index (χ0v) is 10.2. The second-order valence-electron chi connectivity index (χ2n) is 2.88. The van der Waals surface area contributed by atoms with Crippen molar-refractivity contribution in [3.8, 4) is 0 Å². The van der Waals surface area contributed by atoms with Gasteiger partial charge in [0.05, 0.1) is 0 Å². The molecule has 0 heterocycles. The highest BCUT2D eigenvalue weighted by molar-refractivity contribution is 14.1. The van der Waals surface area contributed by atoms with Crippen LogP contribution in [0.2, 0.25) is 0 Å². The van der Waals surface area contributed by atoms with E-state index in [1.54, 1.807) is 0 Å². The van der Waals surface area contributed by atoms with Gasteiger partial charge in [-0.05, 0) is 53.3 Å². The highest BCUT2D eigenvalue weighted by atomic mass is 127. The van der Waals surface area contributed by atoms with Crippen molar-refractivity contribution in [1.29, 1.82) is 0 Å². The summed E-state index contributed by atoms with van der Waals surface area (Å²) in [4.78, 5) is 11.5. The summed E-state index contributed by atoms with van der Waals surface area (Å²) in [6, 6.07) is 5.83. The molecule has 0 aliphatic carbocycles. The smallest absolute Gasteiger partial charge is 0.164 e. The van der Waals surface area contributed by atoms with Crippen LogP contribution in [0.5, 0.6) is 0 Å². The predicted molar refractivity (Wildman–Crippen MR) is 63.6 cm³/mol. The van der Waals surface area contributed by atoms with Crippen LogP contribution >= 0.6 is 34.2 Å². The monoisotopic (exact) mass is 308 g/mol. The lowest BCUT2D eigenvalue weighted by atomic mass is 10.1. The van der Waals surface area contributed by atoms with Crippen molar-refractivity contribution in [1.82, 2.24) is 0 Å². The minimum absolute atomic E-state index is 0.122. The SMILES string of the molecule is Cc1cc(I)cc(C(=O)CCCl)c1. The first-order valence-corrected chi connectivity index (χ1v) is 5.61. The molecule has 0 saturated carbocycles. The Balaban J connectivity index is 2.94. The van der Waals surface area contributed by atoms with Gasteiger partial charge in [0.15, 0.2) is 5.78 Å². The Bertz CT molecular complexity index is 302. The predicted octanol–water partition coefficient (Wildman–Crippen LogP) is 3.41. The fourth-order valence-corrected chi connectivity index (χ4v) is 2.13. The Kier molecular flexibility index (Phi) is 4.19. The van der Waals surface area contributed by atoms with Crippen molar-refractivity contribution < 1.29 is 4.79 Å². The maximum absolute atomic E-state index is 11.5. The fourth-order valence-electron chi connectivity index (χ4n) is 1.13. The normalized spacial score (nSPS) is 10.1. The molecule has 0 saturated heterocycles. The van der Waals surface area contributed by atoms with E-state index in [0.717, 1.165) is 14.7 Å². The zero-order valence-electron chi connectivity index (χ0n) is 7.31. The number of halogens is 2. The van der Waals surface area contributed by atoms with Gasteiger partial charge in [-0.2, -0.15) is 0 Å². The van der Waals surface area contributed by atoms with E-state index in [1.165, 1.54) is 0 Å². The van der Waals surface area contributed by atoms with Crippen molar-refractivity contribution in [2.45, 2.75) is 13.3 Å². The van der Waals surface area contributed by atoms with Crippen LogP contribution in [0.4, 0.5) is 0 Å². The van der Waals surface area contributed by atoms with Gasteiger partial charge in [0, 0.05) is 21.4 Å². The zero-order chi connectivity index (χ0) is 9.84. The molecule has 3 heteroatoms. The molecular formula is C10H10ClIO. The molecule has 1 aromatic carbocycles. The number of benzene rings is 1. The van der Waals surface area contributed by atoms with Crippen LogP contribution in [-0.2, 0) is 0 Å². The highest BCUT2D eigenvalue weighted by Gasteiger charge is 2.05. The van der Waals surface area contributed by atoms with Gasteiger partial charge in [0.2, 0.25) is 0 Å². The van der Waals surface area contributed by atoms with Gasteiger partial charge in [0.25, 0.3) is 0 Å². The molecule has 0 spiro atoms. The molecule has 0 aromatic heterocycles. The van der Waals surface area contributed by atoms with Crippen LogP contribution in [0.25, 0.3) is 0 Å². The molecule has 0 N–H and O–H groups in total. The third-order valence-corrected chi connectivity index (χ3v) is 2.50. The largest absolute Gasteiger partial charge is 0.294 e.